The van der Waals surface area contributed by atoms with Crippen LogP contribution < -0.4 is 15.8 Å². The van der Waals surface area contributed by atoms with E-state index < -0.39 is 41.1 Å². The third kappa shape index (κ3) is 3.85. The largest absolute Gasteiger partial charge is 0.493 e. The van der Waals surface area contributed by atoms with Crippen LogP contribution in [-0.2, 0) is 9.53 Å². The van der Waals surface area contributed by atoms with Crippen molar-refractivity contribution in [3.05, 3.63) is 53.4 Å². The van der Waals surface area contributed by atoms with Crippen LogP contribution in [0.25, 0.3) is 0 Å². The van der Waals surface area contributed by atoms with E-state index >= 15 is 0 Å². The van der Waals surface area contributed by atoms with Crippen LogP contribution in [0.2, 0.25) is 0 Å². The SMILES string of the molecule is COc1c([C@@H]2[C@@H](C)C(C)(C)O[C@H]2C(=O)Nc2ccnc(C(N)=O)c2)ccc(F)c1F. The highest BCUT2D eigenvalue weighted by atomic mass is 19.2. The van der Waals surface area contributed by atoms with Crippen molar-refractivity contribution >= 4 is 17.5 Å². The van der Waals surface area contributed by atoms with Gasteiger partial charge in [0.1, 0.15) is 11.8 Å². The number of halogens is 2. The summed E-state index contributed by atoms with van der Waals surface area (Å²) in [6.45, 7) is 5.51. The summed E-state index contributed by atoms with van der Waals surface area (Å²) in [5.74, 6) is -4.50. The molecule has 1 aliphatic heterocycles. The van der Waals surface area contributed by atoms with E-state index in [1.807, 2.05) is 20.8 Å². The highest BCUT2D eigenvalue weighted by Crippen LogP contribution is 2.49. The van der Waals surface area contributed by atoms with Gasteiger partial charge in [-0.15, -0.1) is 0 Å². The van der Waals surface area contributed by atoms with Gasteiger partial charge < -0.3 is 20.5 Å². The fourth-order valence-electron chi connectivity index (χ4n) is 3.72. The molecule has 1 fully saturated rings. The van der Waals surface area contributed by atoms with Crippen LogP contribution in [0, 0.1) is 17.6 Å². The van der Waals surface area contributed by atoms with Gasteiger partial charge in [0.15, 0.2) is 11.6 Å². The van der Waals surface area contributed by atoms with Gasteiger partial charge in [-0.1, -0.05) is 13.0 Å². The van der Waals surface area contributed by atoms with Gasteiger partial charge in [0.05, 0.1) is 12.7 Å². The van der Waals surface area contributed by atoms with Crippen LogP contribution in [0.15, 0.2) is 30.5 Å². The maximum atomic E-state index is 14.3. The monoisotopic (exact) mass is 419 g/mol. The maximum Gasteiger partial charge on any atom is 0.267 e. The standard InChI is InChI=1S/C21H23F2N3O4/c1-10-15(12-5-6-13(22)16(23)17(12)29-4)18(30-21(10,2)3)20(28)26-11-7-8-25-14(9-11)19(24)27/h5-10,15,18H,1-4H3,(H2,24,27)(H,25,26,28)/t10-,15+,18-/m1/s1. The number of anilines is 1. The van der Waals surface area contributed by atoms with E-state index in [-0.39, 0.29) is 17.4 Å². The molecule has 0 bridgehead atoms. The van der Waals surface area contributed by atoms with Crippen molar-refractivity contribution in [3.63, 3.8) is 0 Å². The number of primary amides is 1. The Kier molecular flexibility index (Phi) is 5.76. The first-order valence-corrected chi connectivity index (χ1v) is 9.33. The minimum Gasteiger partial charge on any atom is -0.493 e. The van der Waals surface area contributed by atoms with Crippen LogP contribution >= 0.6 is 0 Å². The number of carbonyl (C=O) groups excluding carboxylic acids is 2. The molecule has 0 radical (unpaired) electrons. The third-order valence-corrected chi connectivity index (χ3v) is 5.57. The Bertz CT molecular complexity index is 996. The van der Waals surface area contributed by atoms with Crippen LogP contribution in [0.4, 0.5) is 14.5 Å². The summed E-state index contributed by atoms with van der Waals surface area (Å²) in [5.41, 5.74) is 5.14. The number of hydrogen-bond acceptors (Lipinski definition) is 5. The lowest BCUT2D eigenvalue weighted by molar-refractivity contribution is -0.131. The molecule has 3 N–H and O–H groups in total. The van der Waals surface area contributed by atoms with E-state index in [1.54, 1.807) is 0 Å². The molecule has 2 heterocycles. The Labute approximate surface area is 172 Å². The number of amides is 2. The summed E-state index contributed by atoms with van der Waals surface area (Å²) < 4.78 is 39.2. The topological polar surface area (TPSA) is 104 Å². The highest BCUT2D eigenvalue weighted by Gasteiger charge is 2.51. The molecule has 2 aromatic rings. The second-order valence-corrected chi connectivity index (χ2v) is 7.72. The fourth-order valence-corrected chi connectivity index (χ4v) is 3.72. The molecule has 9 heteroatoms. The minimum atomic E-state index is -1.12. The number of rotatable bonds is 5. The average Bonchev–Trinajstić information content (AvgIpc) is 2.93. The van der Waals surface area contributed by atoms with Gasteiger partial charge in [-0.3, -0.25) is 14.6 Å². The van der Waals surface area contributed by atoms with Crippen molar-refractivity contribution in [1.82, 2.24) is 4.98 Å². The van der Waals surface area contributed by atoms with Crippen LogP contribution in [0.3, 0.4) is 0 Å². The first-order chi connectivity index (χ1) is 14.1. The van der Waals surface area contributed by atoms with Gasteiger partial charge in [-0.2, -0.15) is 4.39 Å². The number of aromatic nitrogens is 1. The Balaban J connectivity index is 1.98. The summed E-state index contributed by atoms with van der Waals surface area (Å²) in [5, 5.41) is 2.68. The molecule has 0 spiro atoms. The van der Waals surface area contributed by atoms with Crippen molar-refractivity contribution in [2.75, 3.05) is 12.4 Å². The van der Waals surface area contributed by atoms with Crippen molar-refractivity contribution in [2.24, 2.45) is 11.7 Å². The lowest BCUT2D eigenvalue weighted by Gasteiger charge is -2.25. The summed E-state index contributed by atoms with van der Waals surface area (Å²) in [6, 6.07) is 5.25. The molecule has 0 saturated carbocycles. The van der Waals surface area contributed by atoms with E-state index in [9.17, 15) is 18.4 Å². The van der Waals surface area contributed by atoms with Gasteiger partial charge >= 0.3 is 0 Å². The van der Waals surface area contributed by atoms with E-state index in [2.05, 4.69) is 10.3 Å². The summed E-state index contributed by atoms with van der Waals surface area (Å²) >= 11 is 0. The molecule has 1 aromatic carbocycles. The molecule has 160 valence electrons. The number of pyridine rings is 1. The number of hydrogen-bond donors (Lipinski definition) is 2. The zero-order valence-corrected chi connectivity index (χ0v) is 17.0. The first-order valence-electron chi connectivity index (χ1n) is 9.33. The predicted octanol–water partition coefficient (Wildman–Crippen LogP) is 3.00. The molecule has 1 saturated heterocycles. The quantitative estimate of drug-likeness (QED) is 0.776. The van der Waals surface area contributed by atoms with Gasteiger partial charge in [-0.05, 0) is 38.0 Å². The number of nitrogens with zero attached hydrogens (tertiary/aromatic N) is 1. The molecular weight excluding hydrogens is 396 g/mol. The molecular formula is C21H23F2N3O4. The summed E-state index contributed by atoms with van der Waals surface area (Å²) in [7, 11) is 1.24. The molecule has 3 rings (SSSR count). The van der Waals surface area contributed by atoms with Crippen LogP contribution in [-0.4, -0.2) is 35.6 Å². The normalized spacial score (nSPS) is 22.5. The van der Waals surface area contributed by atoms with E-state index in [1.165, 1.54) is 31.5 Å². The molecule has 1 aromatic heterocycles. The van der Waals surface area contributed by atoms with Crippen molar-refractivity contribution in [1.29, 1.82) is 0 Å². The number of nitrogens with one attached hydrogen (secondary N) is 1. The molecule has 30 heavy (non-hydrogen) atoms. The van der Waals surface area contributed by atoms with Crippen molar-refractivity contribution < 1.29 is 27.8 Å². The Morgan fingerprint density at radius 3 is 2.60 bits per heavy atom. The Hall–Kier alpha value is -3.07. The zero-order chi connectivity index (χ0) is 22.2. The summed E-state index contributed by atoms with van der Waals surface area (Å²) in [4.78, 5) is 28.2. The molecule has 1 aliphatic rings. The molecule has 0 unspecified atom stereocenters. The summed E-state index contributed by atoms with van der Waals surface area (Å²) in [6.07, 6.45) is 0.326. The van der Waals surface area contributed by atoms with Crippen molar-refractivity contribution in [3.8, 4) is 5.75 Å². The lowest BCUT2D eigenvalue weighted by atomic mass is 9.78. The lowest BCUT2D eigenvalue weighted by Crippen LogP contribution is -2.33. The Morgan fingerprint density at radius 2 is 1.97 bits per heavy atom. The average molecular weight is 419 g/mol. The second-order valence-electron chi connectivity index (χ2n) is 7.72. The smallest absolute Gasteiger partial charge is 0.267 e. The highest BCUT2D eigenvalue weighted by molar-refractivity contribution is 5.97. The van der Waals surface area contributed by atoms with E-state index in [4.69, 9.17) is 15.2 Å². The number of ether oxygens (including phenoxy) is 2. The molecule has 2 amide bonds. The number of carbonyl (C=O) groups is 2. The molecule has 3 atom stereocenters. The number of methoxy groups -OCH3 is 1. The van der Waals surface area contributed by atoms with Crippen LogP contribution in [0.5, 0.6) is 5.75 Å². The predicted molar refractivity (Wildman–Crippen MR) is 105 cm³/mol. The van der Waals surface area contributed by atoms with Gasteiger partial charge in [0, 0.05) is 23.4 Å². The van der Waals surface area contributed by atoms with E-state index in [0.29, 0.717) is 11.3 Å². The zero-order valence-electron chi connectivity index (χ0n) is 17.0. The maximum absolute atomic E-state index is 14.3. The van der Waals surface area contributed by atoms with Gasteiger partial charge in [-0.25, -0.2) is 4.39 Å². The number of nitrogens with two attached hydrogens (primary N) is 1. The van der Waals surface area contributed by atoms with Crippen LogP contribution in [0.1, 0.15) is 42.7 Å². The van der Waals surface area contributed by atoms with Crippen molar-refractivity contribution in [2.45, 2.75) is 38.4 Å². The first kappa shape index (κ1) is 21.6. The second kappa shape index (κ2) is 7.98. The fraction of sp³-hybridized carbons (Fsp3) is 0.381. The molecule has 0 aliphatic carbocycles. The third-order valence-electron chi connectivity index (χ3n) is 5.57. The molecule has 7 nitrogen and oxygen atoms in total. The minimum absolute atomic E-state index is 0.00679. The Morgan fingerprint density at radius 1 is 1.27 bits per heavy atom. The number of benzene rings is 1. The van der Waals surface area contributed by atoms with Gasteiger partial charge in [0.25, 0.3) is 11.8 Å². The van der Waals surface area contributed by atoms with Gasteiger partial charge in [0.2, 0.25) is 5.82 Å². The van der Waals surface area contributed by atoms with E-state index in [0.717, 1.165) is 6.07 Å².